The summed E-state index contributed by atoms with van der Waals surface area (Å²) in [5, 5.41) is 8.45. The van der Waals surface area contributed by atoms with E-state index in [0.717, 1.165) is 18.8 Å². The van der Waals surface area contributed by atoms with E-state index < -0.39 is 5.97 Å². The van der Waals surface area contributed by atoms with Crippen LogP contribution in [0.15, 0.2) is 0 Å². The predicted molar refractivity (Wildman–Crippen MR) is 59.9 cm³/mol. The highest BCUT2D eigenvalue weighted by Gasteiger charge is 2.12. The van der Waals surface area contributed by atoms with Crippen molar-refractivity contribution in [2.24, 2.45) is 5.92 Å². The van der Waals surface area contributed by atoms with Gasteiger partial charge in [0.05, 0.1) is 0 Å². The number of hydrogen-bond acceptors (Lipinski definition) is 1. The molecule has 14 heavy (non-hydrogen) atoms. The van der Waals surface area contributed by atoms with Crippen molar-refractivity contribution in [3.63, 3.8) is 0 Å². The van der Waals surface area contributed by atoms with Gasteiger partial charge in [0.25, 0.3) is 0 Å². The van der Waals surface area contributed by atoms with E-state index >= 15 is 0 Å². The van der Waals surface area contributed by atoms with E-state index in [0.29, 0.717) is 6.42 Å². The number of carboxylic acid groups (broad SMARTS) is 1. The zero-order valence-electron chi connectivity index (χ0n) is 8.71. The number of aliphatic carboxylic acids is 1. The minimum Gasteiger partial charge on any atom is -0.481 e. The number of hydrogen-bond donors (Lipinski definition) is 1. The number of rotatable bonds is 5. The van der Waals surface area contributed by atoms with Gasteiger partial charge in [0.1, 0.15) is 0 Å². The molecule has 0 radical (unpaired) electrons. The SMILES string of the molecule is Cl.O=C(O)CCCCC1CCCCC1. The van der Waals surface area contributed by atoms with Crippen LogP contribution in [0, 0.1) is 5.92 Å². The summed E-state index contributed by atoms with van der Waals surface area (Å²) in [6, 6.07) is 0. The number of unbranched alkanes of at least 4 members (excludes halogenated alkanes) is 1. The van der Waals surface area contributed by atoms with Crippen LogP contribution in [0.1, 0.15) is 57.8 Å². The molecule has 1 rings (SSSR count). The molecule has 0 bridgehead atoms. The Morgan fingerprint density at radius 2 is 1.79 bits per heavy atom. The van der Waals surface area contributed by atoms with Crippen LogP contribution in [0.25, 0.3) is 0 Å². The Bertz CT molecular complexity index is 153. The molecular weight excluding hydrogens is 200 g/mol. The first-order chi connectivity index (χ1) is 6.29. The lowest BCUT2D eigenvalue weighted by Crippen LogP contribution is -2.06. The van der Waals surface area contributed by atoms with Gasteiger partial charge in [-0.1, -0.05) is 44.9 Å². The normalized spacial score (nSPS) is 17.4. The van der Waals surface area contributed by atoms with Crippen molar-refractivity contribution in [1.82, 2.24) is 0 Å². The van der Waals surface area contributed by atoms with Gasteiger partial charge in [0.15, 0.2) is 0 Å². The summed E-state index contributed by atoms with van der Waals surface area (Å²) in [4.78, 5) is 10.3. The molecule has 0 heterocycles. The van der Waals surface area contributed by atoms with Gasteiger partial charge < -0.3 is 5.11 Å². The predicted octanol–water partition coefficient (Wildman–Crippen LogP) is 3.63. The van der Waals surface area contributed by atoms with Crippen LogP contribution in [0.4, 0.5) is 0 Å². The van der Waals surface area contributed by atoms with Crippen LogP contribution in [-0.2, 0) is 4.79 Å². The smallest absolute Gasteiger partial charge is 0.303 e. The molecule has 0 aromatic heterocycles. The molecule has 0 aromatic rings. The molecule has 0 aromatic carbocycles. The van der Waals surface area contributed by atoms with Crippen molar-refractivity contribution < 1.29 is 9.90 Å². The average molecular weight is 221 g/mol. The van der Waals surface area contributed by atoms with Gasteiger partial charge in [0.2, 0.25) is 0 Å². The number of halogens is 1. The van der Waals surface area contributed by atoms with Crippen molar-refractivity contribution >= 4 is 18.4 Å². The molecular formula is C11H21ClO2. The summed E-state index contributed by atoms with van der Waals surface area (Å²) in [5.41, 5.74) is 0. The summed E-state index contributed by atoms with van der Waals surface area (Å²) in [7, 11) is 0. The fraction of sp³-hybridized carbons (Fsp3) is 0.909. The monoisotopic (exact) mass is 220 g/mol. The van der Waals surface area contributed by atoms with Crippen molar-refractivity contribution in [3.8, 4) is 0 Å². The molecule has 3 heteroatoms. The maximum Gasteiger partial charge on any atom is 0.303 e. The maximum atomic E-state index is 10.3. The highest BCUT2D eigenvalue weighted by molar-refractivity contribution is 5.85. The first kappa shape index (κ1) is 13.8. The minimum absolute atomic E-state index is 0. The first-order valence-corrected chi connectivity index (χ1v) is 5.51. The molecule has 1 aliphatic carbocycles. The molecule has 0 spiro atoms. The van der Waals surface area contributed by atoms with E-state index in [4.69, 9.17) is 5.11 Å². The summed E-state index contributed by atoms with van der Waals surface area (Å²) in [5.74, 6) is 0.256. The number of carboxylic acids is 1. The van der Waals surface area contributed by atoms with Crippen LogP contribution in [0.2, 0.25) is 0 Å². The van der Waals surface area contributed by atoms with Gasteiger partial charge >= 0.3 is 5.97 Å². The molecule has 84 valence electrons. The lowest BCUT2D eigenvalue weighted by molar-refractivity contribution is -0.137. The zero-order chi connectivity index (χ0) is 9.52. The molecule has 0 aliphatic heterocycles. The molecule has 0 atom stereocenters. The average Bonchev–Trinajstić information content (AvgIpc) is 2.14. The Kier molecular flexibility index (Phi) is 7.96. The second kappa shape index (κ2) is 8.10. The summed E-state index contributed by atoms with van der Waals surface area (Å²) < 4.78 is 0. The Hall–Kier alpha value is -0.240. The van der Waals surface area contributed by atoms with E-state index in [2.05, 4.69) is 0 Å². The lowest BCUT2D eigenvalue weighted by Gasteiger charge is -2.20. The van der Waals surface area contributed by atoms with Crippen LogP contribution >= 0.6 is 12.4 Å². The van der Waals surface area contributed by atoms with Crippen molar-refractivity contribution in [3.05, 3.63) is 0 Å². The van der Waals surface area contributed by atoms with Gasteiger partial charge in [0, 0.05) is 6.42 Å². The third-order valence-corrected chi connectivity index (χ3v) is 2.98. The third-order valence-electron chi connectivity index (χ3n) is 2.98. The molecule has 2 nitrogen and oxygen atoms in total. The second-order valence-corrected chi connectivity index (χ2v) is 4.14. The third kappa shape index (κ3) is 6.25. The second-order valence-electron chi connectivity index (χ2n) is 4.14. The maximum absolute atomic E-state index is 10.3. The van der Waals surface area contributed by atoms with Crippen LogP contribution in [-0.4, -0.2) is 11.1 Å². The van der Waals surface area contributed by atoms with E-state index in [9.17, 15) is 4.79 Å². The molecule has 1 saturated carbocycles. The fourth-order valence-corrected chi connectivity index (χ4v) is 2.19. The number of carbonyl (C=O) groups is 1. The van der Waals surface area contributed by atoms with Gasteiger partial charge in [-0.25, -0.2) is 0 Å². The Labute approximate surface area is 92.5 Å². The Morgan fingerprint density at radius 3 is 2.36 bits per heavy atom. The molecule has 1 N–H and O–H groups in total. The molecule has 1 fully saturated rings. The fourth-order valence-electron chi connectivity index (χ4n) is 2.19. The van der Waals surface area contributed by atoms with Gasteiger partial charge in [-0.2, -0.15) is 0 Å². The Balaban J connectivity index is 0.00000169. The zero-order valence-corrected chi connectivity index (χ0v) is 9.52. The van der Waals surface area contributed by atoms with Gasteiger partial charge in [-0.05, 0) is 12.3 Å². The lowest BCUT2D eigenvalue weighted by atomic mass is 9.86. The van der Waals surface area contributed by atoms with Gasteiger partial charge in [-0.3, -0.25) is 4.79 Å². The first-order valence-electron chi connectivity index (χ1n) is 5.51. The highest BCUT2D eigenvalue weighted by Crippen LogP contribution is 2.27. The van der Waals surface area contributed by atoms with Gasteiger partial charge in [-0.15, -0.1) is 12.4 Å². The topological polar surface area (TPSA) is 37.3 Å². The molecule has 0 amide bonds. The van der Waals surface area contributed by atoms with Crippen molar-refractivity contribution in [2.75, 3.05) is 0 Å². The summed E-state index contributed by atoms with van der Waals surface area (Å²) >= 11 is 0. The van der Waals surface area contributed by atoms with Crippen LogP contribution < -0.4 is 0 Å². The van der Waals surface area contributed by atoms with E-state index in [1.165, 1.54) is 38.5 Å². The van der Waals surface area contributed by atoms with Crippen LogP contribution in [0.3, 0.4) is 0 Å². The molecule has 0 unspecified atom stereocenters. The quantitative estimate of drug-likeness (QED) is 0.719. The van der Waals surface area contributed by atoms with Crippen molar-refractivity contribution in [1.29, 1.82) is 0 Å². The van der Waals surface area contributed by atoms with E-state index in [-0.39, 0.29) is 12.4 Å². The standard InChI is InChI=1S/C11H20O2.ClH/c12-11(13)9-5-4-8-10-6-2-1-3-7-10;/h10H,1-9H2,(H,12,13);1H. The van der Waals surface area contributed by atoms with Crippen LogP contribution in [0.5, 0.6) is 0 Å². The molecule has 1 aliphatic rings. The summed E-state index contributed by atoms with van der Waals surface area (Å²) in [6.07, 6.45) is 10.5. The van der Waals surface area contributed by atoms with Crippen molar-refractivity contribution in [2.45, 2.75) is 57.8 Å². The summed E-state index contributed by atoms with van der Waals surface area (Å²) in [6.45, 7) is 0. The van der Waals surface area contributed by atoms with E-state index in [1.54, 1.807) is 0 Å². The Morgan fingerprint density at radius 1 is 1.14 bits per heavy atom. The van der Waals surface area contributed by atoms with E-state index in [1.807, 2.05) is 0 Å². The highest BCUT2D eigenvalue weighted by atomic mass is 35.5. The molecule has 0 saturated heterocycles. The minimum atomic E-state index is -0.649. The largest absolute Gasteiger partial charge is 0.481 e.